The second-order valence-electron chi connectivity index (χ2n) is 6.84. The quantitative estimate of drug-likeness (QED) is 0.824. The van der Waals surface area contributed by atoms with Crippen LogP contribution in [-0.2, 0) is 4.79 Å². The van der Waals surface area contributed by atoms with Gasteiger partial charge in [0.15, 0.2) is 0 Å². The Morgan fingerprint density at radius 3 is 2.38 bits per heavy atom. The smallest absolute Gasteiger partial charge is 0.220 e. The van der Waals surface area contributed by atoms with Crippen LogP contribution < -0.4 is 5.32 Å². The van der Waals surface area contributed by atoms with Gasteiger partial charge in [-0.05, 0) is 74.3 Å². The highest BCUT2D eigenvalue weighted by Crippen LogP contribution is 2.22. The number of benzene rings is 1. The number of aromatic nitrogens is 1. The number of halogens is 1. The van der Waals surface area contributed by atoms with Crippen molar-refractivity contribution < 1.29 is 9.18 Å². The number of nitrogens with one attached hydrogen (secondary N) is 1. The van der Waals surface area contributed by atoms with E-state index in [0.29, 0.717) is 6.42 Å². The van der Waals surface area contributed by atoms with E-state index in [2.05, 4.69) is 15.2 Å². The van der Waals surface area contributed by atoms with Gasteiger partial charge in [0.25, 0.3) is 0 Å². The minimum atomic E-state index is -0.291. The van der Waals surface area contributed by atoms with E-state index in [1.165, 1.54) is 31.4 Å². The van der Waals surface area contributed by atoms with Gasteiger partial charge >= 0.3 is 0 Å². The number of amides is 1. The zero-order valence-electron chi connectivity index (χ0n) is 15.0. The number of carbonyl (C=O) groups excluding carboxylic acids is 1. The molecule has 0 aliphatic carbocycles. The van der Waals surface area contributed by atoms with E-state index in [0.717, 1.165) is 37.2 Å². The molecule has 1 aliphatic heterocycles. The van der Waals surface area contributed by atoms with Crippen LogP contribution >= 0.6 is 0 Å². The van der Waals surface area contributed by atoms with Crippen LogP contribution in [0.5, 0.6) is 0 Å². The number of pyridine rings is 1. The molecule has 1 atom stereocenters. The van der Waals surface area contributed by atoms with Crippen molar-refractivity contribution in [2.75, 3.05) is 19.6 Å². The molecule has 0 bridgehead atoms. The second-order valence-corrected chi connectivity index (χ2v) is 6.84. The molecular formula is C21H26FN3O. The van der Waals surface area contributed by atoms with E-state index in [1.807, 2.05) is 12.1 Å². The predicted octanol–water partition coefficient (Wildman–Crippen LogP) is 3.69. The molecule has 1 aliphatic rings. The maximum absolute atomic E-state index is 13.3. The van der Waals surface area contributed by atoms with Gasteiger partial charge in [0, 0.05) is 18.8 Å². The first kappa shape index (κ1) is 18.5. The molecule has 4 nitrogen and oxygen atoms in total. The number of piperidine rings is 1. The highest BCUT2D eigenvalue weighted by atomic mass is 19.1. The summed E-state index contributed by atoms with van der Waals surface area (Å²) in [6.45, 7) is 3.28. The molecule has 0 radical (unpaired) electrons. The van der Waals surface area contributed by atoms with E-state index in [1.54, 1.807) is 24.5 Å². The fourth-order valence-electron chi connectivity index (χ4n) is 3.45. The van der Waals surface area contributed by atoms with Crippen LogP contribution in [0.3, 0.4) is 0 Å². The van der Waals surface area contributed by atoms with Crippen molar-refractivity contribution in [2.45, 2.75) is 38.1 Å². The zero-order valence-corrected chi connectivity index (χ0v) is 15.0. The summed E-state index contributed by atoms with van der Waals surface area (Å²) in [7, 11) is 0. The highest BCUT2D eigenvalue weighted by Gasteiger charge is 2.17. The molecule has 1 unspecified atom stereocenters. The molecule has 2 aromatic rings. The van der Waals surface area contributed by atoms with Gasteiger partial charge in [0.2, 0.25) is 5.91 Å². The van der Waals surface area contributed by atoms with Gasteiger partial charge in [-0.2, -0.15) is 0 Å². The normalized spacial score (nSPS) is 16.2. The van der Waals surface area contributed by atoms with Crippen LogP contribution in [-0.4, -0.2) is 35.4 Å². The summed E-state index contributed by atoms with van der Waals surface area (Å²) in [5.74, 6) is -0.261. The fraction of sp³-hybridized carbons (Fsp3) is 0.429. The Hall–Kier alpha value is -2.27. The van der Waals surface area contributed by atoms with Crippen molar-refractivity contribution in [1.82, 2.24) is 15.2 Å². The molecule has 1 saturated heterocycles. The van der Waals surface area contributed by atoms with E-state index in [9.17, 15) is 9.18 Å². The molecule has 0 spiro atoms. The SMILES string of the molecule is O=C(CCCN1CCCCC1)NC(c1ccncc1)c1ccc(F)cc1. The molecule has 2 heterocycles. The number of likely N-dealkylation sites (tertiary alicyclic amines) is 1. The molecule has 1 aromatic carbocycles. The second kappa shape index (κ2) is 9.43. The van der Waals surface area contributed by atoms with E-state index >= 15 is 0 Å². The Labute approximate surface area is 154 Å². The molecule has 1 N–H and O–H groups in total. The Bertz CT molecular complexity index is 684. The third-order valence-electron chi connectivity index (χ3n) is 4.87. The Balaban J connectivity index is 1.60. The lowest BCUT2D eigenvalue weighted by Gasteiger charge is -2.26. The Kier molecular flexibility index (Phi) is 6.72. The van der Waals surface area contributed by atoms with E-state index in [4.69, 9.17) is 0 Å². The largest absolute Gasteiger partial charge is 0.345 e. The molecule has 3 rings (SSSR count). The van der Waals surface area contributed by atoms with E-state index in [-0.39, 0.29) is 17.8 Å². The predicted molar refractivity (Wildman–Crippen MR) is 100 cm³/mol. The van der Waals surface area contributed by atoms with Gasteiger partial charge < -0.3 is 10.2 Å². The summed E-state index contributed by atoms with van der Waals surface area (Å²) in [6.07, 6.45) is 8.62. The van der Waals surface area contributed by atoms with Gasteiger partial charge in [-0.3, -0.25) is 9.78 Å². The summed E-state index contributed by atoms with van der Waals surface area (Å²) < 4.78 is 13.3. The minimum absolute atomic E-state index is 0.0214. The average molecular weight is 355 g/mol. The van der Waals surface area contributed by atoms with Crippen LogP contribution in [0.2, 0.25) is 0 Å². The van der Waals surface area contributed by atoms with Crippen molar-refractivity contribution >= 4 is 5.91 Å². The number of hydrogen-bond acceptors (Lipinski definition) is 3. The van der Waals surface area contributed by atoms with Gasteiger partial charge in [-0.15, -0.1) is 0 Å². The van der Waals surface area contributed by atoms with Crippen LogP contribution in [0.15, 0.2) is 48.8 Å². The first-order valence-electron chi connectivity index (χ1n) is 9.39. The lowest BCUT2D eigenvalue weighted by Crippen LogP contribution is -2.33. The Morgan fingerprint density at radius 1 is 1.04 bits per heavy atom. The van der Waals surface area contributed by atoms with E-state index < -0.39 is 0 Å². The van der Waals surface area contributed by atoms with Crippen LogP contribution in [0.4, 0.5) is 4.39 Å². The average Bonchev–Trinajstić information content (AvgIpc) is 2.68. The molecule has 0 saturated carbocycles. The monoisotopic (exact) mass is 355 g/mol. The maximum atomic E-state index is 13.3. The van der Waals surface area contributed by atoms with Gasteiger partial charge in [0.1, 0.15) is 5.82 Å². The molecule has 1 amide bonds. The van der Waals surface area contributed by atoms with Gasteiger partial charge in [-0.25, -0.2) is 4.39 Å². The summed E-state index contributed by atoms with van der Waals surface area (Å²) in [6, 6.07) is 9.74. The summed E-state index contributed by atoms with van der Waals surface area (Å²) >= 11 is 0. The third kappa shape index (κ3) is 5.36. The number of carbonyl (C=O) groups is 1. The highest BCUT2D eigenvalue weighted by molar-refractivity contribution is 5.77. The van der Waals surface area contributed by atoms with Crippen LogP contribution in [0, 0.1) is 5.82 Å². The molecule has 26 heavy (non-hydrogen) atoms. The number of rotatable bonds is 7. The van der Waals surface area contributed by atoms with Crippen molar-refractivity contribution in [1.29, 1.82) is 0 Å². The molecule has 5 heteroatoms. The molecule has 138 valence electrons. The summed E-state index contributed by atoms with van der Waals surface area (Å²) in [5, 5.41) is 3.10. The lowest BCUT2D eigenvalue weighted by atomic mass is 9.99. The summed E-state index contributed by atoms with van der Waals surface area (Å²) in [4.78, 5) is 19.0. The van der Waals surface area contributed by atoms with Crippen molar-refractivity contribution in [3.05, 3.63) is 65.7 Å². The standard InChI is InChI=1S/C21H26FN3O/c22-19-8-6-17(7-9-19)21(18-10-12-23-13-11-18)24-20(26)5-4-16-25-14-2-1-3-15-25/h6-13,21H,1-5,14-16H2,(H,24,26). The number of nitrogens with zero attached hydrogens (tertiary/aromatic N) is 2. The first-order valence-corrected chi connectivity index (χ1v) is 9.39. The Morgan fingerprint density at radius 2 is 1.69 bits per heavy atom. The first-order chi connectivity index (χ1) is 12.7. The van der Waals surface area contributed by atoms with Crippen molar-refractivity contribution in [2.24, 2.45) is 0 Å². The van der Waals surface area contributed by atoms with Crippen LogP contribution in [0.25, 0.3) is 0 Å². The lowest BCUT2D eigenvalue weighted by molar-refractivity contribution is -0.121. The minimum Gasteiger partial charge on any atom is -0.345 e. The van der Waals surface area contributed by atoms with Crippen molar-refractivity contribution in [3.8, 4) is 0 Å². The van der Waals surface area contributed by atoms with Crippen LogP contribution in [0.1, 0.15) is 49.3 Å². The third-order valence-corrected chi connectivity index (χ3v) is 4.87. The fourth-order valence-corrected chi connectivity index (χ4v) is 3.45. The molecular weight excluding hydrogens is 329 g/mol. The summed E-state index contributed by atoms with van der Waals surface area (Å²) in [5.41, 5.74) is 1.80. The van der Waals surface area contributed by atoms with Gasteiger partial charge in [0.05, 0.1) is 6.04 Å². The van der Waals surface area contributed by atoms with Gasteiger partial charge in [-0.1, -0.05) is 18.6 Å². The number of hydrogen-bond donors (Lipinski definition) is 1. The molecule has 1 fully saturated rings. The zero-order chi connectivity index (χ0) is 18.2. The van der Waals surface area contributed by atoms with Crippen molar-refractivity contribution in [3.63, 3.8) is 0 Å². The molecule has 1 aromatic heterocycles. The maximum Gasteiger partial charge on any atom is 0.220 e. The topological polar surface area (TPSA) is 45.2 Å².